The zero-order valence-corrected chi connectivity index (χ0v) is 9.92. The maximum Gasteiger partial charge on any atom is 0.223 e. The Balaban J connectivity index is 1.92. The van der Waals surface area contributed by atoms with Crippen molar-refractivity contribution in [1.82, 2.24) is 10.1 Å². The zero-order chi connectivity index (χ0) is 12.5. The largest absolute Gasteiger partial charge is 0.486 e. The van der Waals surface area contributed by atoms with E-state index in [1.54, 1.807) is 6.92 Å². The maximum absolute atomic E-state index is 6.08. The molecule has 2 heterocycles. The molecule has 18 heavy (non-hydrogen) atoms. The van der Waals surface area contributed by atoms with E-state index in [9.17, 15) is 0 Å². The number of ether oxygens (including phenoxy) is 2. The summed E-state index contributed by atoms with van der Waals surface area (Å²) >= 11 is 0. The van der Waals surface area contributed by atoms with Gasteiger partial charge in [0.15, 0.2) is 17.3 Å². The van der Waals surface area contributed by atoms with Crippen molar-refractivity contribution in [3.63, 3.8) is 0 Å². The van der Waals surface area contributed by atoms with E-state index in [1.165, 1.54) is 0 Å². The number of aromatic nitrogens is 2. The molecule has 0 unspecified atom stereocenters. The predicted octanol–water partition coefficient (Wildman–Crippen LogP) is 1.20. The van der Waals surface area contributed by atoms with Gasteiger partial charge in [0.05, 0.1) is 6.04 Å². The summed E-state index contributed by atoms with van der Waals surface area (Å²) in [5.41, 5.74) is 6.94. The SMILES string of the molecule is Cc1nc([C@H](N)c2ccc3c(c2)OCCO3)no1. The summed E-state index contributed by atoms with van der Waals surface area (Å²) in [5, 5.41) is 3.82. The Labute approximate surface area is 104 Å². The molecule has 1 aromatic heterocycles. The van der Waals surface area contributed by atoms with Gasteiger partial charge >= 0.3 is 0 Å². The molecule has 1 aliphatic rings. The van der Waals surface area contributed by atoms with Gasteiger partial charge in [0.1, 0.15) is 13.2 Å². The summed E-state index contributed by atoms with van der Waals surface area (Å²) in [5.74, 6) is 2.40. The molecule has 6 heteroatoms. The smallest absolute Gasteiger partial charge is 0.223 e. The third-order valence-corrected chi connectivity index (χ3v) is 2.75. The summed E-state index contributed by atoms with van der Waals surface area (Å²) in [6, 6.07) is 5.14. The van der Waals surface area contributed by atoms with Crippen LogP contribution in [0.1, 0.15) is 23.3 Å². The molecule has 94 valence electrons. The third kappa shape index (κ3) is 1.91. The summed E-state index contributed by atoms with van der Waals surface area (Å²) in [6.07, 6.45) is 0. The van der Waals surface area contributed by atoms with Crippen LogP contribution in [0.5, 0.6) is 11.5 Å². The van der Waals surface area contributed by atoms with Crippen LogP contribution in [0, 0.1) is 6.92 Å². The fraction of sp³-hybridized carbons (Fsp3) is 0.333. The number of hydrogen-bond acceptors (Lipinski definition) is 6. The van der Waals surface area contributed by atoms with E-state index in [-0.39, 0.29) is 0 Å². The first-order chi connectivity index (χ1) is 8.74. The first-order valence-corrected chi connectivity index (χ1v) is 5.69. The molecule has 0 saturated heterocycles. The Bertz CT molecular complexity index is 567. The van der Waals surface area contributed by atoms with E-state index < -0.39 is 6.04 Å². The molecule has 3 rings (SSSR count). The molecule has 0 fully saturated rings. The molecule has 1 aromatic carbocycles. The molecular weight excluding hydrogens is 234 g/mol. The van der Waals surface area contributed by atoms with Crippen molar-refractivity contribution in [2.24, 2.45) is 5.73 Å². The van der Waals surface area contributed by atoms with Crippen molar-refractivity contribution < 1.29 is 14.0 Å². The lowest BCUT2D eigenvalue weighted by Crippen LogP contribution is -2.17. The molecule has 0 aliphatic carbocycles. The van der Waals surface area contributed by atoms with Gasteiger partial charge in [-0.15, -0.1) is 0 Å². The first kappa shape index (κ1) is 11.0. The Morgan fingerprint density at radius 1 is 1.22 bits per heavy atom. The van der Waals surface area contributed by atoms with Gasteiger partial charge in [0.2, 0.25) is 5.89 Å². The Morgan fingerprint density at radius 2 is 2.00 bits per heavy atom. The Kier molecular flexibility index (Phi) is 2.64. The summed E-state index contributed by atoms with van der Waals surface area (Å²) < 4.78 is 15.9. The van der Waals surface area contributed by atoms with Crippen LogP contribution in [0.25, 0.3) is 0 Å². The number of aryl methyl sites for hydroxylation is 1. The molecule has 2 aromatic rings. The van der Waals surface area contributed by atoms with E-state index in [1.807, 2.05) is 18.2 Å². The Morgan fingerprint density at radius 3 is 2.72 bits per heavy atom. The van der Waals surface area contributed by atoms with Crippen molar-refractivity contribution in [1.29, 1.82) is 0 Å². The highest BCUT2D eigenvalue weighted by atomic mass is 16.6. The van der Waals surface area contributed by atoms with Gasteiger partial charge in [-0.2, -0.15) is 4.98 Å². The van der Waals surface area contributed by atoms with Crippen molar-refractivity contribution in [2.75, 3.05) is 13.2 Å². The van der Waals surface area contributed by atoms with Crippen LogP contribution in [0.15, 0.2) is 22.7 Å². The van der Waals surface area contributed by atoms with Crippen LogP contribution in [-0.2, 0) is 0 Å². The fourth-order valence-corrected chi connectivity index (χ4v) is 1.84. The van der Waals surface area contributed by atoms with Crippen molar-refractivity contribution >= 4 is 0 Å². The quantitative estimate of drug-likeness (QED) is 0.858. The second-order valence-electron chi connectivity index (χ2n) is 4.05. The van der Waals surface area contributed by atoms with Crippen molar-refractivity contribution in [3.8, 4) is 11.5 Å². The minimum absolute atomic E-state index is 0.432. The average molecular weight is 247 g/mol. The number of benzene rings is 1. The summed E-state index contributed by atoms with van der Waals surface area (Å²) in [7, 11) is 0. The number of rotatable bonds is 2. The number of nitrogens with two attached hydrogens (primary N) is 1. The summed E-state index contributed by atoms with van der Waals surface area (Å²) in [4.78, 5) is 4.12. The average Bonchev–Trinajstić information content (AvgIpc) is 2.84. The molecular formula is C12H13N3O3. The standard InChI is InChI=1S/C12H13N3O3/c1-7-14-12(15-18-7)11(13)8-2-3-9-10(6-8)17-5-4-16-9/h2-3,6,11H,4-5,13H2,1H3/t11-/m1/s1. The van der Waals surface area contributed by atoms with Gasteiger partial charge in [-0.3, -0.25) is 0 Å². The van der Waals surface area contributed by atoms with Gasteiger partial charge in [-0.25, -0.2) is 0 Å². The van der Waals surface area contributed by atoms with Crippen LogP contribution in [-0.4, -0.2) is 23.4 Å². The van der Waals surface area contributed by atoms with E-state index >= 15 is 0 Å². The maximum atomic E-state index is 6.08. The third-order valence-electron chi connectivity index (χ3n) is 2.75. The molecule has 6 nitrogen and oxygen atoms in total. The van der Waals surface area contributed by atoms with E-state index in [0.717, 1.165) is 11.3 Å². The van der Waals surface area contributed by atoms with Crippen LogP contribution < -0.4 is 15.2 Å². The number of nitrogens with zero attached hydrogens (tertiary/aromatic N) is 2. The van der Waals surface area contributed by atoms with E-state index in [0.29, 0.717) is 30.7 Å². The highest BCUT2D eigenvalue weighted by molar-refractivity contribution is 5.45. The molecule has 0 amide bonds. The first-order valence-electron chi connectivity index (χ1n) is 5.69. The number of hydrogen-bond donors (Lipinski definition) is 1. The second kappa shape index (κ2) is 4.30. The van der Waals surface area contributed by atoms with Crippen LogP contribution in [0.3, 0.4) is 0 Å². The summed E-state index contributed by atoms with van der Waals surface area (Å²) in [6.45, 7) is 2.85. The second-order valence-corrected chi connectivity index (χ2v) is 4.05. The lowest BCUT2D eigenvalue weighted by Gasteiger charge is -2.19. The molecule has 1 atom stereocenters. The topological polar surface area (TPSA) is 83.4 Å². The monoisotopic (exact) mass is 247 g/mol. The number of fused-ring (bicyclic) bond motifs is 1. The highest BCUT2D eigenvalue weighted by Crippen LogP contribution is 2.33. The van der Waals surface area contributed by atoms with E-state index in [4.69, 9.17) is 19.7 Å². The normalized spacial score (nSPS) is 15.4. The van der Waals surface area contributed by atoms with Gasteiger partial charge in [0, 0.05) is 6.92 Å². The lowest BCUT2D eigenvalue weighted by atomic mass is 10.1. The minimum Gasteiger partial charge on any atom is -0.486 e. The Hall–Kier alpha value is -2.08. The van der Waals surface area contributed by atoms with Crippen LogP contribution >= 0.6 is 0 Å². The zero-order valence-electron chi connectivity index (χ0n) is 9.92. The van der Waals surface area contributed by atoms with Gasteiger partial charge in [0.25, 0.3) is 0 Å². The van der Waals surface area contributed by atoms with Crippen LogP contribution in [0.4, 0.5) is 0 Å². The fourth-order valence-electron chi connectivity index (χ4n) is 1.84. The van der Waals surface area contributed by atoms with Crippen molar-refractivity contribution in [3.05, 3.63) is 35.5 Å². The molecule has 0 spiro atoms. The highest BCUT2D eigenvalue weighted by Gasteiger charge is 2.18. The van der Waals surface area contributed by atoms with Crippen LogP contribution in [0.2, 0.25) is 0 Å². The predicted molar refractivity (Wildman–Crippen MR) is 62.5 cm³/mol. The minimum atomic E-state index is -0.432. The lowest BCUT2D eigenvalue weighted by molar-refractivity contribution is 0.171. The van der Waals surface area contributed by atoms with E-state index in [2.05, 4.69) is 10.1 Å². The molecule has 0 bridgehead atoms. The molecule has 0 radical (unpaired) electrons. The van der Waals surface area contributed by atoms with Gasteiger partial charge in [-0.1, -0.05) is 11.2 Å². The van der Waals surface area contributed by atoms with Gasteiger partial charge in [-0.05, 0) is 17.7 Å². The molecule has 0 saturated carbocycles. The van der Waals surface area contributed by atoms with Gasteiger partial charge < -0.3 is 19.7 Å². The molecule has 2 N–H and O–H groups in total. The molecule has 1 aliphatic heterocycles. The van der Waals surface area contributed by atoms with Crippen molar-refractivity contribution in [2.45, 2.75) is 13.0 Å².